The molecule has 5 nitrogen and oxygen atoms in total. The Kier molecular flexibility index (Phi) is 4.39. The van der Waals surface area contributed by atoms with Crippen LogP contribution in [0.1, 0.15) is 0 Å². The molecule has 0 spiro atoms. The van der Waals surface area contributed by atoms with Gasteiger partial charge in [-0.15, -0.1) is 0 Å². The maximum Gasteiger partial charge on any atom is 0.242 e. The van der Waals surface area contributed by atoms with Crippen molar-refractivity contribution in [1.82, 2.24) is 9.71 Å². The number of nitrogen functional groups attached to an aromatic ring is 1. The number of hydrogen-bond acceptors (Lipinski definition) is 5. The van der Waals surface area contributed by atoms with Gasteiger partial charge in [0.25, 0.3) is 0 Å². The third-order valence-electron chi connectivity index (χ3n) is 3.34. The van der Waals surface area contributed by atoms with Crippen LogP contribution in [0, 0.1) is 0 Å². The SMILES string of the molecule is Nc1ccc2c(S(=O)(=O)NCC3CSCCS3)c[nH]c2c1. The zero-order chi connectivity index (χ0) is 14.9. The van der Waals surface area contributed by atoms with E-state index in [9.17, 15) is 8.42 Å². The summed E-state index contributed by atoms with van der Waals surface area (Å²) < 4.78 is 27.6. The summed E-state index contributed by atoms with van der Waals surface area (Å²) in [7, 11) is -3.50. The number of rotatable bonds is 4. The average molecular weight is 343 g/mol. The fourth-order valence-corrected chi connectivity index (χ4v) is 6.25. The Hall–Kier alpha value is -0.830. The Morgan fingerprint density at radius 3 is 3.00 bits per heavy atom. The van der Waals surface area contributed by atoms with Crippen LogP contribution >= 0.6 is 23.5 Å². The minimum atomic E-state index is -3.50. The Bertz CT molecular complexity index is 736. The molecule has 21 heavy (non-hydrogen) atoms. The molecule has 8 heteroatoms. The topological polar surface area (TPSA) is 88.0 Å². The first-order valence-electron chi connectivity index (χ1n) is 6.62. The number of hydrogen-bond donors (Lipinski definition) is 3. The molecule has 2 aromatic rings. The molecule has 1 aliphatic rings. The van der Waals surface area contributed by atoms with Crippen molar-refractivity contribution in [3.05, 3.63) is 24.4 Å². The van der Waals surface area contributed by atoms with E-state index in [0.29, 0.717) is 22.9 Å². The predicted molar refractivity (Wildman–Crippen MR) is 91.5 cm³/mol. The first kappa shape index (κ1) is 15.1. The third kappa shape index (κ3) is 3.33. The molecular formula is C13H17N3O2S3. The van der Waals surface area contributed by atoms with Gasteiger partial charge in [-0.05, 0) is 18.2 Å². The van der Waals surface area contributed by atoms with Crippen LogP contribution < -0.4 is 10.5 Å². The van der Waals surface area contributed by atoms with E-state index in [-0.39, 0.29) is 4.90 Å². The number of nitrogens with one attached hydrogen (secondary N) is 2. The van der Waals surface area contributed by atoms with Crippen LogP contribution in [-0.2, 0) is 10.0 Å². The van der Waals surface area contributed by atoms with Gasteiger partial charge in [0.1, 0.15) is 4.90 Å². The lowest BCUT2D eigenvalue weighted by atomic mass is 10.2. The smallest absolute Gasteiger partial charge is 0.242 e. The quantitative estimate of drug-likeness (QED) is 0.738. The van der Waals surface area contributed by atoms with Crippen molar-refractivity contribution in [1.29, 1.82) is 0 Å². The number of sulfonamides is 1. The Balaban J connectivity index is 1.79. The number of fused-ring (bicyclic) bond motifs is 1. The van der Waals surface area contributed by atoms with E-state index < -0.39 is 10.0 Å². The molecule has 1 aromatic carbocycles. The summed E-state index contributed by atoms with van der Waals surface area (Å²) in [6, 6.07) is 5.19. The van der Waals surface area contributed by atoms with Gasteiger partial charge >= 0.3 is 0 Å². The van der Waals surface area contributed by atoms with E-state index in [1.165, 1.54) is 6.20 Å². The van der Waals surface area contributed by atoms with E-state index in [2.05, 4.69) is 9.71 Å². The molecule has 2 heterocycles. The second kappa shape index (κ2) is 6.12. The van der Waals surface area contributed by atoms with Crippen LogP contribution in [0.3, 0.4) is 0 Å². The molecule has 1 saturated heterocycles. The Morgan fingerprint density at radius 1 is 1.38 bits per heavy atom. The number of nitrogens with two attached hydrogens (primary N) is 1. The fourth-order valence-electron chi connectivity index (χ4n) is 2.27. The van der Waals surface area contributed by atoms with Gasteiger partial charge in [0.05, 0.1) is 0 Å². The molecule has 0 amide bonds. The standard InChI is InChI=1S/C13H17N3O2S3/c14-9-1-2-11-12(5-9)15-7-13(11)21(17,18)16-6-10-8-19-3-4-20-10/h1-2,5,7,10,15-16H,3-4,6,8,14H2. The minimum Gasteiger partial charge on any atom is -0.399 e. The summed E-state index contributed by atoms with van der Waals surface area (Å²) in [4.78, 5) is 3.25. The molecular weight excluding hydrogens is 326 g/mol. The van der Waals surface area contributed by atoms with Crippen LogP contribution in [0.5, 0.6) is 0 Å². The van der Waals surface area contributed by atoms with Gasteiger partial charge in [-0.25, -0.2) is 13.1 Å². The largest absolute Gasteiger partial charge is 0.399 e. The normalized spacial score (nSPS) is 19.9. The van der Waals surface area contributed by atoms with E-state index in [1.807, 2.05) is 23.5 Å². The highest BCUT2D eigenvalue weighted by molar-refractivity contribution is 8.06. The van der Waals surface area contributed by atoms with Crippen LogP contribution in [-0.4, -0.2) is 42.5 Å². The lowest BCUT2D eigenvalue weighted by Crippen LogP contribution is -2.33. The van der Waals surface area contributed by atoms with E-state index in [4.69, 9.17) is 5.73 Å². The first-order chi connectivity index (χ1) is 10.1. The third-order valence-corrected chi connectivity index (χ3v) is 7.65. The first-order valence-corrected chi connectivity index (χ1v) is 10.3. The minimum absolute atomic E-state index is 0.283. The van der Waals surface area contributed by atoms with Crippen molar-refractivity contribution < 1.29 is 8.42 Å². The second-order valence-electron chi connectivity index (χ2n) is 4.88. The van der Waals surface area contributed by atoms with Gasteiger partial charge in [-0.2, -0.15) is 23.5 Å². The molecule has 1 unspecified atom stereocenters. The molecule has 4 N–H and O–H groups in total. The molecule has 1 fully saturated rings. The molecule has 0 aliphatic carbocycles. The number of aromatic nitrogens is 1. The van der Waals surface area contributed by atoms with E-state index in [0.717, 1.165) is 22.8 Å². The van der Waals surface area contributed by atoms with Gasteiger partial charge < -0.3 is 10.7 Å². The summed E-state index contributed by atoms with van der Waals surface area (Å²) >= 11 is 3.71. The van der Waals surface area contributed by atoms with Crippen molar-refractivity contribution in [3.63, 3.8) is 0 Å². The lowest BCUT2D eigenvalue weighted by Gasteiger charge is -2.20. The van der Waals surface area contributed by atoms with E-state index in [1.54, 1.807) is 18.2 Å². The van der Waals surface area contributed by atoms with Gasteiger partial charge in [0.15, 0.2) is 0 Å². The summed E-state index contributed by atoms with van der Waals surface area (Å²) in [6.45, 7) is 0.474. The summed E-state index contributed by atoms with van der Waals surface area (Å²) in [5.74, 6) is 3.23. The Labute approximate surface area is 132 Å². The fraction of sp³-hybridized carbons (Fsp3) is 0.385. The molecule has 0 saturated carbocycles. The van der Waals surface area contributed by atoms with Gasteiger partial charge in [-0.3, -0.25) is 0 Å². The van der Waals surface area contributed by atoms with Crippen molar-refractivity contribution in [3.8, 4) is 0 Å². The second-order valence-corrected chi connectivity index (χ2v) is 9.17. The number of anilines is 1. The number of benzene rings is 1. The maximum absolute atomic E-state index is 12.5. The summed E-state index contributed by atoms with van der Waals surface area (Å²) in [6.07, 6.45) is 1.52. The zero-order valence-electron chi connectivity index (χ0n) is 11.3. The molecule has 3 rings (SSSR count). The zero-order valence-corrected chi connectivity index (χ0v) is 13.8. The monoisotopic (exact) mass is 343 g/mol. The highest BCUT2D eigenvalue weighted by Crippen LogP contribution is 2.26. The lowest BCUT2D eigenvalue weighted by molar-refractivity contribution is 0.582. The Morgan fingerprint density at radius 2 is 2.24 bits per heavy atom. The number of thioether (sulfide) groups is 2. The van der Waals surface area contributed by atoms with Crippen LogP contribution in [0.25, 0.3) is 10.9 Å². The van der Waals surface area contributed by atoms with Crippen LogP contribution in [0.15, 0.2) is 29.3 Å². The average Bonchev–Trinajstić information content (AvgIpc) is 2.90. The van der Waals surface area contributed by atoms with E-state index >= 15 is 0 Å². The molecule has 0 bridgehead atoms. The highest BCUT2D eigenvalue weighted by atomic mass is 32.2. The number of aromatic amines is 1. The molecule has 0 radical (unpaired) electrons. The molecule has 1 atom stereocenters. The van der Waals surface area contributed by atoms with Gasteiger partial charge in [-0.1, -0.05) is 0 Å². The van der Waals surface area contributed by atoms with Crippen LogP contribution in [0.2, 0.25) is 0 Å². The van der Waals surface area contributed by atoms with Gasteiger partial charge in [0, 0.05) is 51.8 Å². The predicted octanol–water partition coefficient (Wildman–Crippen LogP) is 1.88. The maximum atomic E-state index is 12.5. The molecule has 1 aliphatic heterocycles. The van der Waals surface area contributed by atoms with Crippen LogP contribution in [0.4, 0.5) is 5.69 Å². The summed E-state index contributed by atoms with van der Waals surface area (Å²) in [5.41, 5.74) is 7.05. The van der Waals surface area contributed by atoms with Crippen molar-refractivity contribution in [2.75, 3.05) is 29.5 Å². The van der Waals surface area contributed by atoms with Gasteiger partial charge in [0.2, 0.25) is 10.0 Å². The highest BCUT2D eigenvalue weighted by Gasteiger charge is 2.22. The van der Waals surface area contributed by atoms with Crippen molar-refractivity contribution >= 4 is 50.1 Å². The molecule has 1 aromatic heterocycles. The van der Waals surface area contributed by atoms with Crippen molar-refractivity contribution in [2.45, 2.75) is 10.1 Å². The molecule has 114 valence electrons. The van der Waals surface area contributed by atoms with Crippen molar-refractivity contribution in [2.24, 2.45) is 0 Å². The summed E-state index contributed by atoms with van der Waals surface area (Å²) in [5, 5.41) is 1.02. The number of H-pyrrole nitrogens is 1.